The summed E-state index contributed by atoms with van der Waals surface area (Å²) in [6, 6.07) is 18.0. The van der Waals surface area contributed by atoms with Crippen molar-refractivity contribution in [1.82, 2.24) is 20.3 Å². The lowest BCUT2D eigenvalue weighted by Gasteiger charge is -2.23. The van der Waals surface area contributed by atoms with Crippen molar-refractivity contribution in [3.05, 3.63) is 77.1 Å². The van der Waals surface area contributed by atoms with E-state index in [1.165, 1.54) is 0 Å². The summed E-state index contributed by atoms with van der Waals surface area (Å²) >= 11 is 0. The van der Waals surface area contributed by atoms with Gasteiger partial charge in [-0.25, -0.2) is 9.97 Å². The number of H-pyrrole nitrogens is 1. The first-order valence-electron chi connectivity index (χ1n) is 11.6. The number of nitrogens with one attached hydrogen (secondary N) is 3. The largest absolute Gasteiger partial charge is 0.384 e. The number of nitrogens with two attached hydrogens (primary N) is 1. The van der Waals surface area contributed by atoms with Crippen LogP contribution in [-0.2, 0) is 6.42 Å². The normalized spacial score (nSPS) is 14.6. The highest BCUT2D eigenvalue weighted by atomic mass is 16.1. The molecule has 174 valence electrons. The SMILES string of the molecule is CCN(CCNC(=O)c1ccc2c(c1)CC(c1cc(N)nc3[nH]c(C)nc13)N2)c1ccccc1. The van der Waals surface area contributed by atoms with E-state index in [-0.39, 0.29) is 11.9 Å². The van der Waals surface area contributed by atoms with E-state index in [1.54, 1.807) is 0 Å². The van der Waals surface area contributed by atoms with Gasteiger partial charge in [-0.2, -0.15) is 0 Å². The summed E-state index contributed by atoms with van der Waals surface area (Å²) in [6.07, 6.45) is 0.749. The zero-order valence-corrected chi connectivity index (χ0v) is 19.4. The van der Waals surface area contributed by atoms with Gasteiger partial charge in [0, 0.05) is 42.1 Å². The number of imidazole rings is 1. The van der Waals surface area contributed by atoms with Gasteiger partial charge in [0.1, 0.15) is 17.2 Å². The van der Waals surface area contributed by atoms with Crippen molar-refractivity contribution >= 4 is 34.3 Å². The monoisotopic (exact) mass is 455 g/mol. The molecule has 0 bridgehead atoms. The average Bonchev–Trinajstić information content (AvgIpc) is 3.43. The number of amides is 1. The Morgan fingerprint density at radius 1 is 1.18 bits per heavy atom. The minimum atomic E-state index is -0.0613. The van der Waals surface area contributed by atoms with Crippen molar-refractivity contribution in [2.24, 2.45) is 0 Å². The predicted molar refractivity (Wildman–Crippen MR) is 136 cm³/mol. The lowest BCUT2D eigenvalue weighted by molar-refractivity contribution is 0.0954. The Bertz CT molecular complexity index is 1330. The highest BCUT2D eigenvalue weighted by Gasteiger charge is 2.26. The Labute approximate surface area is 198 Å². The van der Waals surface area contributed by atoms with Crippen molar-refractivity contribution in [1.29, 1.82) is 0 Å². The molecule has 3 heterocycles. The second-order valence-corrected chi connectivity index (χ2v) is 8.60. The van der Waals surface area contributed by atoms with Gasteiger partial charge in [-0.15, -0.1) is 0 Å². The van der Waals surface area contributed by atoms with Crippen LogP contribution in [0.5, 0.6) is 0 Å². The van der Waals surface area contributed by atoms with Crippen LogP contribution in [0.3, 0.4) is 0 Å². The number of carbonyl (C=O) groups excluding carboxylic acids is 1. The predicted octanol–water partition coefficient (Wildman–Crippen LogP) is 3.81. The van der Waals surface area contributed by atoms with E-state index in [0.717, 1.165) is 53.4 Å². The number of benzene rings is 2. The maximum atomic E-state index is 12.8. The fourth-order valence-corrected chi connectivity index (χ4v) is 4.62. The van der Waals surface area contributed by atoms with Crippen LogP contribution in [0.4, 0.5) is 17.2 Å². The van der Waals surface area contributed by atoms with Gasteiger partial charge in [0.15, 0.2) is 5.65 Å². The van der Waals surface area contributed by atoms with Gasteiger partial charge in [-0.05, 0) is 62.2 Å². The number of hydrogen-bond acceptors (Lipinski definition) is 6. The van der Waals surface area contributed by atoms with E-state index in [2.05, 4.69) is 49.5 Å². The Hall–Kier alpha value is -4.07. The molecule has 1 amide bonds. The number of pyridine rings is 1. The topological polar surface area (TPSA) is 112 Å². The first kappa shape index (κ1) is 21.8. The molecule has 1 atom stereocenters. The number of aryl methyl sites for hydroxylation is 1. The molecule has 0 aliphatic carbocycles. The quantitative estimate of drug-likeness (QED) is 0.337. The number of fused-ring (bicyclic) bond motifs is 2. The molecular weight excluding hydrogens is 426 g/mol. The molecule has 0 saturated heterocycles. The lowest BCUT2D eigenvalue weighted by atomic mass is 10.0. The third-order valence-corrected chi connectivity index (χ3v) is 6.29. The number of anilines is 3. The van der Waals surface area contributed by atoms with E-state index in [4.69, 9.17) is 5.73 Å². The smallest absolute Gasteiger partial charge is 0.251 e. The standard InChI is InChI=1S/C26H29N7O/c1-3-33(19-7-5-4-6-8-19)12-11-28-26(34)17-9-10-21-18(13-17)14-22(31-21)20-15-23(27)32-25-24(20)29-16(2)30-25/h4-10,13,15,22,31H,3,11-12,14H2,1-2H3,(H,28,34)(H3,27,29,30,32). The van der Waals surface area contributed by atoms with Crippen LogP contribution in [0.1, 0.15) is 40.3 Å². The molecule has 8 heteroatoms. The van der Waals surface area contributed by atoms with E-state index in [1.807, 2.05) is 49.4 Å². The van der Waals surface area contributed by atoms with Crippen molar-refractivity contribution in [2.45, 2.75) is 26.3 Å². The van der Waals surface area contributed by atoms with Gasteiger partial charge < -0.3 is 26.3 Å². The summed E-state index contributed by atoms with van der Waals surface area (Å²) < 4.78 is 0. The van der Waals surface area contributed by atoms with Crippen LogP contribution in [0.15, 0.2) is 54.6 Å². The summed E-state index contributed by atoms with van der Waals surface area (Å²) in [5, 5.41) is 6.62. The number of nitrogen functional groups attached to an aromatic ring is 1. The van der Waals surface area contributed by atoms with Crippen molar-refractivity contribution in [2.75, 3.05) is 35.6 Å². The molecule has 2 aromatic heterocycles. The number of carbonyl (C=O) groups is 1. The lowest BCUT2D eigenvalue weighted by Crippen LogP contribution is -2.34. The third-order valence-electron chi connectivity index (χ3n) is 6.29. The number of hydrogen-bond donors (Lipinski definition) is 4. The van der Waals surface area contributed by atoms with E-state index >= 15 is 0 Å². The van der Waals surface area contributed by atoms with Crippen LogP contribution in [0.25, 0.3) is 11.2 Å². The maximum Gasteiger partial charge on any atom is 0.251 e. The molecule has 34 heavy (non-hydrogen) atoms. The molecule has 8 nitrogen and oxygen atoms in total. The fourth-order valence-electron chi connectivity index (χ4n) is 4.62. The van der Waals surface area contributed by atoms with Gasteiger partial charge in [0.25, 0.3) is 5.91 Å². The molecule has 1 unspecified atom stereocenters. The Kier molecular flexibility index (Phi) is 5.79. The highest BCUT2D eigenvalue weighted by Crippen LogP contribution is 2.37. The number of likely N-dealkylation sites (N-methyl/N-ethyl adjacent to an activating group) is 1. The van der Waals surface area contributed by atoms with Crippen molar-refractivity contribution in [3.63, 3.8) is 0 Å². The van der Waals surface area contributed by atoms with Crippen molar-refractivity contribution < 1.29 is 4.79 Å². The first-order chi connectivity index (χ1) is 16.5. The molecule has 5 rings (SSSR count). The number of aromatic nitrogens is 3. The summed E-state index contributed by atoms with van der Waals surface area (Å²) in [4.78, 5) is 27.2. The number of para-hydroxylation sites is 1. The Morgan fingerprint density at radius 2 is 2.00 bits per heavy atom. The zero-order valence-electron chi connectivity index (χ0n) is 19.4. The fraction of sp³-hybridized carbons (Fsp3) is 0.269. The minimum absolute atomic E-state index is 0.0211. The molecule has 0 fully saturated rings. The molecule has 0 radical (unpaired) electrons. The summed E-state index contributed by atoms with van der Waals surface area (Å²) in [5.41, 5.74) is 12.5. The van der Waals surface area contributed by atoms with Gasteiger partial charge in [-0.3, -0.25) is 4.79 Å². The van der Waals surface area contributed by atoms with Gasteiger partial charge in [-0.1, -0.05) is 18.2 Å². The molecule has 1 aliphatic heterocycles. The van der Waals surface area contributed by atoms with Gasteiger partial charge in [0.05, 0.1) is 6.04 Å². The summed E-state index contributed by atoms with van der Waals surface area (Å²) in [7, 11) is 0. The third kappa shape index (κ3) is 4.26. The highest BCUT2D eigenvalue weighted by molar-refractivity contribution is 5.95. The summed E-state index contributed by atoms with van der Waals surface area (Å²) in [6.45, 7) is 6.24. The second-order valence-electron chi connectivity index (χ2n) is 8.60. The molecule has 5 N–H and O–H groups in total. The van der Waals surface area contributed by atoms with Crippen LogP contribution in [0, 0.1) is 6.92 Å². The molecular formula is C26H29N7O. The van der Waals surface area contributed by atoms with Crippen LogP contribution in [0.2, 0.25) is 0 Å². The average molecular weight is 456 g/mol. The number of aromatic amines is 1. The van der Waals surface area contributed by atoms with E-state index in [0.29, 0.717) is 23.6 Å². The summed E-state index contributed by atoms with van der Waals surface area (Å²) in [5.74, 6) is 1.20. The maximum absolute atomic E-state index is 12.8. The molecule has 0 saturated carbocycles. The van der Waals surface area contributed by atoms with Crippen LogP contribution < -0.4 is 21.3 Å². The Balaban J connectivity index is 1.26. The van der Waals surface area contributed by atoms with E-state index in [9.17, 15) is 4.79 Å². The molecule has 4 aromatic rings. The molecule has 2 aromatic carbocycles. The van der Waals surface area contributed by atoms with Crippen molar-refractivity contribution in [3.8, 4) is 0 Å². The van der Waals surface area contributed by atoms with Crippen LogP contribution in [-0.4, -0.2) is 40.5 Å². The number of rotatable bonds is 7. The zero-order chi connectivity index (χ0) is 23.7. The van der Waals surface area contributed by atoms with E-state index < -0.39 is 0 Å². The van der Waals surface area contributed by atoms with Gasteiger partial charge in [0.2, 0.25) is 0 Å². The molecule has 0 spiro atoms. The second kappa shape index (κ2) is 9.05. The first-order valence-corrected chi connectivity index (χ1v) is 11.6. The minimum Gasteiger partial charge on any atom is -0.384 e. The molecule has 1 aliphatic rings. The number of nitrogens with zero attached hydrogens (tertiary/aromatic N) is 3. The Morgan fingerprint density at radius 3 is 2.79 bits per heavy atom. The van der Waals surface area contributed by atoms with Gasteiger partial charge >= 0.3 is 0 Å². The van der Waals surface area contributed by atoms with Crippen LogP contribution >= 0.6 is 0 Å².